The molecular weight excluding hydrogens is 256 g/mol. The van der Waals surface area contributed by atoms with Crippen LogP contribution in [0.4, 0.5) is 11.8 Å². The van der Waals surface area contributed by atoms with Gasteiger partial charge in [-0.1, -0.05) is 12.1 Å². The van der Waals surface area contributed by atoms with E-state index >= 15 is 0 Å². The topological polar surface area (TPSA) is 73.5 Å². The number of benzene rings is 1. The standard InChI is InChI=1S/C14H18N4O2/c1-19-9-10-8-18(6-7-20-10)14-16-12-5-3-2-4-11(12)13(15)17-14/h2-5,10H,6-9H2,1H3,(H2,15,16,17). The number of hydrogen-bond donors (Lipinski definition) is 1. The van der Waals surface area contributed by atoms with Crippen LogP contribution in [0.25, 0.3) is 10.9 Å². The maximum Gasteiger partial charge on any atom is 0.228 e. The second kappa shape index (κ2) is 5.60. The van der Waals surface area contributed by atoms with Gasteiger partial charge in [0.2, 0.25) is 5.95 Å². The highest BCUT2D eigenvalue weighted by molar-refractivity contribution is 5.88. The van der Waals surface area contributed by atoms with Gasteiger partial charge in [0.1, 0.15) is 5.82 Å². The molecule has 6 nitrogen and oxygen atoms in total. The van der Waals surface area contributed by atoms with E-state index < -0.39 is 0 Å². The molecule has 1 aliphatic heterocycles. The number of hydrogen-bond acceptors (Lipinski definition) is 6. The van der Waals surface area contributed by atoms with Crippen molar-refractivity contribution >= 4 is 22.7 Å². The van der Waals surface area contributed by atoms with Crippen LogP contribution in [0.15, 0.2) is 24.3 Å². The van der Waals surface area contributed by atoms with Crippen LogP contribution in [0.3, 0.4) is 0 Å². The Kier molecular flexibility index (Phi) is 3.66. The highest BCUT2D eigenvalue weighted by Gasteiger charge is 2.22. The molecule has 3 rings (SSSR count). The van der Waals surface area contributed by atoms with Crippen LogP contribution in [-0.2, 0) is 9.47 Å². The van der Waals surface area contributed by atoms with Gasteiger partial charge in [-0.2, -0.15) is 4.98 Å². The molecule has 1 aliphatic rings. The molecule has 2 heterocycles. The zero-order chi connectivity index (χ0) is 13.9. The van der Waals surface area contributed by atoms with Crippen LogP contribution < -0.4 is 10.6 Å². The number of fused-ring (bicyclic) bond motifs is 1. The summed E-state index contributed by atoms with van der Waals surface area (Å²) in [5.41, 5.74) is 6.89. The first-order valence-electron chi connectivity index (χ1n) is 6.65. The number of morpholine rings is 1. The van der Waals surface area contributed by atoms with Gasteiger partial charge in [-0.15, -0.1) is 0 Å². The molecule has 1 aromatic carbocycles. The van der Waals surface area contributed by atoms with Gasteiger partial charge in [-0.3, -0.25) is 0 Å². The van der Waals surface area contributed by atoms with E-state index in [0.29, 0.717) is 31.5 Å². The number of ether oxygens (including phenoxy) is 2. The molecule has 1 saturated heterocycles. The summed E-state index contributed by atoms with van der Waals surface area (Å²) in [5, 5.41) is 0.887. The molecule has 2 N–H and O–H groups in total. The first kappa shape index (κ1) is 13.1. The van der Waals surface area contributed by atoms with Gasteiger partial charge in [0, 0.05) is 25.6 Å². The molecule has 20 heavy (non-hydrogen) atoms. The largest absolute Gasteiger partial charge is 0.383 e. The lowest BCUT2D eigenvalue weighted by Crippen LogP contribution is -2.45. The van der Waals surface area contributed by atoms with Gasteiger partial charge >= 0.3 is 0 Å². The minimum atomic E-state index is 0.0463. The second-order valence-corrected chi connectivity index (χ2v) is 4.82. The zero-order valence-corrected chi connectivity index (χ0v) is 11.5. The molecule has 1 fully saturated rings. The van der Waals surface area contributed by atoms with Crippen molar-refractivity contribution in [2.45, 2.75) is 6.10 Å². The number of aromatic nitrogens is 2. The monoisotopic (exact) mass is 274 g/mol. The summed E-state index contributed by atoms with van der Waals surface area (Å²) in [7, 11) is 1.67. The Bertz CT molecular complexity index is 603. The minimum absolute atomic E-state index is 0.0463. The molecule has 0 bridgehead atoms. The van der Waals surface area contributed by atoms with E-state index in [1.165, 1.54) is 0 Å². The molecule has 6 heteroatoms. The smallest absolute Gasteiger partial charge is 0.228 e. The first-order valence-corrected chi connectivity index (χ1v) is 6.65. The van der Waals surface area contributed by atoms with E-state index in [-0.39, 0.29) is 6.10 Å². The SMILES string of the molecule is COCC1CN(c2nc(N)c3ccccc3n2)CCO1. The molecule has 0 radical (unpaired) electrons. The summed E-state index contributed by atoms with van der Waals surface area (Å²) in [6, 6.07) is 7.77. The van der Waals surface area contributed by atoms with E-state index in [4.69, 9.17) is 15.2 Å². The van der Waals surface area contributed by atoms with E-state index in [0.717, 1.165) is 17.4 Å². The van der Waals surface area contributed by atoms with Gasteiger partial charge < -0.3 is 20.1 Å². The molecule has 106 valence electrons. The predicted octanol–water partition coefficient (Wildman–Crippen LogP) is 1.06. The normalized spacial score (nSPS) is 19.4. The Labute approximate surface area is 117 Å². The van der Waals surface area contributed by atoms with Crippen molar-refractivity contribution in [1.29, 1.82) is 0 Å². The number of methoxy groups -OCH3 is 1. The van der Waals surface area contributed by atoms with Crippen LogP contribution in [0.1, 0.15) is 0 Å². The number of nitrogens with two attached hydrogens (primary N) is 1. The van der Waals surface area contributed by atoms with Crippen LogP contribution in [0.2, 0.25) is 0 Å². The lowest BCUT2D eigenvalue weighted by atomic mass is 10.2. The summed E-state index contributed by atoms with van der Waals surface area (Å²) in [5.74, 6) is 1.17. The first-order chi connectivity index (χ1) is 9.78. The Morgan fingerprint density at radius 1 is 1.40 bits per heavy atom. The van der Waals surface area contributed by atoms with E-state index in [1.54, 1.807) is 7.11 Å². The van der Waals surface area contributed by atoms with Crippen molar-refractivity contribution in [3.8, 4) is 0 Å². The van der Waals surface area contributed by atoms with Crippen molar-refractivity contribution in [3.63, 3.8) is 0 Å². The van der Waals surface area contributed by atoms with Gasteiger partial charge in [-0.25, -0.2) is 4.98 Å². The summed E-state index contributed by atoms with van der Waals surface area (Å²) in [6.45, 7) is 2.69. The van der Waals surface area contributed by atoms with Gasteiger partial charge in [0.25, 0.3) is 0 Å². The summed E-state index contributed by atoms with van der Waals surface area (Å²) < 4.78 is 10.8. The van der Waals surface area contributed by atoms with Gasteiger partial charge in [-0.05, 0) is 12.1 Å². The summed E-state index contributed by atoms with van der Waals surface area (Å²) in [6.07, 6.45) is 0.0463. The summed E-state index contributed by atoms with van der Waals surface area (Å²) in [4.78, 5) is 11.1. The van der Waals surface area contributed by atoms with E-state index in [9.17, 15) is 0 Å². The van der Waals surface area contributed by atoms with E-state index in [1.807, 2.05) is 24.3 Å². The quantitative estimate of drug-likeness (QED) is 0.902. The molecular formula is C14H18N4O2. The Morgan fingerprint density at radius 3 is 3.10 bits per heavy atom. The molecule has 0 amide bonds. The fourth-order valence-electron chi connectivity index (χ4n) is 2.42. The maximum atomic E-state index is 6.02. The molecule has 0 spiro atoms. The Hall–Kier alpha value is -1.92. The van der Waals surface area contributed by atoms with Crippen LogP contribution in [0.5, 0.6) is 0 Å². The Morgan fingerprint density at radius 2 is 2.25 bits per heavy atom. The van der Waals surface area contributed by atoms with E-state index in [2.05, 4.69) is 14.9 Å². The average molecular weight is 274 g/mol. The second-order valence-electron chi connectivity index (χ2n) is 4.82. The van der Waals surface area contributed by atoms with Crippen molar-refractivity contribution < 1.29 is 9.47 Å². The number of nitrogens with zero attached hydrogens (tertiary/aromatic N) is 3. The fraction of sp³-hybridized carbons (Fsp3) is 0.429. The number of anilines is 2. The lowest BCUT2D eigenvalue weighted by molar-refractivity contribution is -0.0104. The molecule has 0 saturated carbocycles. The number of nitrogen functional groups attached to an aromatic ring is 1. The zero-order valence-electron chi connectivity index (χ0n) is 11.5. The van der Waals surface area contributed by atoms with Gasteiger partial charge in [0.15, 0.2) is 0 Å². The predicted molar refractivity (Wildman–Crippen MR) is 77.8 cm³/mol. The number of rotatable bonds is 3. The lowest BCUT2D eigenvalue weighted by Gasteiger charge is -2.32. The van der Waals surface area contributed by atoms with Crippen molar-refractivity contribution in [2.75, 3.05) is 44.0 Å². The highest BCUT2D eigenvalue weighted by Crippen LogP contribution is 2.22. The molecule has 1 unspecified atom stereocenters. The third-order valence-corrected chi connectivity index (χ3v) is 3.40. The molecule has 2 aromatic rings. The van der Waals surface area contributed by atoms with Crippen molar-refractivity contribution in [3.05, 3.63) is 24.3 Å². The molecule has 1 atom stereocenters. The molecule has 0 aliphatic carbocycles. The highest BCUT2D eigenvalue weighted by atomic mass is 16.5. The van der Waals surface area contributed by atoms with Crippen LogP contribution in [-0.4, -0.2) is 49.5 Å². The van der Waals surface area contributed by atoms with Gasteiger partial charge in [0.05, 0.1) is 24.8 Å². The van der Waals surface area contributed by atoms with Crippen molar-refractivity contribution in [2.24, 2.45) is 0 Å². The fourth-order valence-corrected chi connectivity index (χ4v) is 2.42. The third-order valence-electron chi connectivity index (χ3n) is 3.40. The summed E-state index contributed by atoms with van der Waals surface area (Å²) >= 11 is 0. The molecule has 1 aromatic heterocycles. The van der Waals surface area contributed by atoms with Crippen LogP contribution in [0, 0.1) is 0 Å². The maximum absolute atomic E-state index is 6.02. The average Bonchev–Trinajstić information content (AvgIpc) is 2.48. The Balaban J connectivity index is 1.89. The third kappa shape index (κ3) is 2.52. The number of para-hydroxylation sites is 1. The minimum Gasteiger partial charge on any atom is -0.383 e. The van der Waals surface area contributed by atoms with Crippen molar-refractivity contribution in [1.82, 2.24) is 9.97 Å². The van der Waals surface area contributed by atoms with Crippen LogP contribution >= 0.6 is 0 Å².